The molecular weight excluding hydrogens is 286 g/mol. The van der Waals surface area contributed by atoms with Gasteiger partial charge in [0.05, 0.1) is 11.5 Å². The van der Waals surface area contributed by atoms with E-state index in [1.54, 1.807) is 0 Å². The molecule has 0 spiro atoms. The van der Waals surface area contributed by atoms with Crippen molar-refractivity contribution in [2.45, 2.75) is 18.5 Å². The van der Waals surface area contributed by atoms with Crippen LogP contribution in [0.3, 0.4) is 0 Å². The third kappa shape index (κ3) is 3.05. The van der Waals surface area contributed by atoms with Crippen molar-refractivity contribution in [3.8, 4) is 5.75 Å². The molecule has 0 aliphatic carbocycles. The van der Waals surface area contributed by atoms with E-state index in [0.717, 1.165) is 0 Å². The monoisotopic (exact) mass is 297 g/mol. The molecule has 9 nitrogen and oxygen atoms in total. The van der Waals surface area contributed by atoms with Gasteiger partial charge in [-0.3, -0.25) is 19.7 Å². The molecule has 1 aliphatic rings. The summed E-state index contributed by atoms with van der Waals surface area (Å²) in [7, 11) is 0. The van der Waals surface area contributed by atoms with Crippen molar-refractivity contribution in [3.63, 3.8) is 0 Å². The molecule has 1 saturated heterocycles. The number of ether oxygens (including phenoxy) is 2. The molecule has 0 amide bonds. The molecule has 3 atom stereocenters. The van der Waals surface area contributed by atoms with Crippen LogP contribution in [-0.4, -0.2) is 51.8 Å². The van der Waals surface area contributed by atoms with Gasteiger partial charge in [-0.2, -0.15) is 0 Å². The molecule has 0 aromatic heterocycles. The molecule has 1 heterocycles. The van der Waals surface area contributed by atoms with E-state index in [1.165, 1.54) is 24.3 Å². The van der Waals surface area contributed by atoms with Crippen molar-refractivity contribution < 1.29 is 34.2 Å². The molecular formula is C12H11NO8. The maximum absolute atomic E-state index is 11.5. The minimum Gasteiger partial charge on any atom is -0.462 e. The molecule has 1 aliphatic heterocycles. The Balaban J connectivity index is 2.12. The number of aliphatic hydroxyl groups excluding tert-OH is 2. The SMILES string of the molecule is O=C1C(=O)[C@@H](CO)O[C@@H](Oc2ccc([N+](=O)[O-])cc2)[C@@H]1O. The molecule has 1 aromatic carbocycles. The van der Waals surface area contributed by atoms with Crippen molar-refractivity contribution in [2.24, 2.45) is 0 Å². The largest absolute Gasteiger partial charge is 0.462 e. The zero-order valence-electron chi connectivity index (χ0n) is 10.5. The van der Waals surface area contributed by atoms with Crippen LogP contribution in [0.5, 0.6) is 5.75 Å². The Kier molecular flexibility index (Phi) is 4.26. The second-order valence-electron chi connectivity index (χ2n) is 4.22. The number of ketones is 2. The van der Waals surface area contributed by atoms with Crippen molar-refractivity contribution in [1.82, 2.24) is 0 Å². The molecule has 112 valence electrons. The average molecular weight is 297 g/mol. The first-order chi connectivity index (χ1) is 9.93. The van der Waals surface area contributed by atoms with E-state index in [0.29, 0.717) is 0 Å². The van der Waals surface area contributed by atoms with Crippen molar-refractivity contribution >= 4 is 17.3 Å². The number of benzene rings is 1. The first kappa shape index (κ1) is 15.0. The molecule has 2 rings (SSSR count). The van der Waals surface area contributed by atoms with Gasteiger partial charge < -0.3 is 19.7 Å². The number of rotatable bonds is 4. The number of nitrogens with zero attached hydrogens (tertiary/aromatic N) is 1. The quantitative estimate of drug-likeness (QED) is 0.418. The van der Waals surface area contributed by atoms with E-state index < -0.39 is 41.6 Å². The van der Waals surface area contributed by atoms with Crippen LogP contribution < -0.4 is 4.74 Å². The number of hydrogen-bond acceptors (Lipinski definition) is 8. The summed E-state index contributed by atoms with van der Waals surface area (Å²) in [6.45, 7) is -0.725. The zero-order valence-corrected chi connectivity index (χ0v) is 10.5. The van der Waals surface area contributed by atoms with Gasteiger partial charge in [-0.25, -0.2) is 0 Å². The standard InChI is InChI=1S/C12H11NO8/c14-5-8-9(15)10(16)11(17)12(21-8)20-7-3-1-6(2-4-7)13(18)19/h1-4,8,11-12,14,17H,5H2/t8-,11-,12-/m1/s1. The summed E-state index contributed by atoms with van der Waals surface area (Å²) in [6.07, 6.45) is -4.70. The van der Waals surface area contributed by atoms with Crippen LogP contribution in [0.25, 0.3) is 0 Å². The van der Waals surface area contributed by atoms with E-state index in [4.69, 9.17) is 14.6 Å². The fourth-order valence-corrected chi connectivity index (χ4v) is 1.72. The summed E-state index contributed by atoms with van der Waals surface area (Å²) in [5, 5.41) is 29.1. The Hall–Kier alpha value is -2.36. The highest BCUT2D eigenvalue weighted by Crippen LogP contribution is 2.22. The Labute approximate surface area is 117 Å². The Morgan fingerprint density at radius 2 is 1.86 bits per heavy atom. The van der Waals surface area contributed by atoms with E-state index in [1.807, 2.05) is 0 Å². The van der Waals surface area contributed by atoms with E-state index in [2.05, 4.69) is 0 Å². The molecule has 1 fully saturated rings. The molecule has 1 aromatic rings. The molecule has 0 bridgehead atoms. The summed E-state index contributed by atoms with van der Waals surface area (Å²) in [5.74, 6) is -2.05. The zero-order chi connectivity index (χ0) is 15.6. The predicted molar refractivity (Wildman–Crippen MR) is 65.5 cm³/mol. The van der Waals surface area contributed by atoms with Crippen LogP contribution in [0.4, 0.5) is 5.69 Å². The highest BCUT2D eigenvalue weighted by atomic mass is 16.7. The average Bonchev–Trinajstić information content (AvgIpc) is 2.48. The molecule has 21 heavy (non-hydrogen) atoms. The van der Waals surface area contributed by atoms with Crippen molar-refractivity contribution in [2.75, 3.05) is 6.61 Å². The van der Waals surface area contributed by atoms with Crippen LogP contribution in [-0.2, 0) is 14.3 Å². The minimum absolute atomic E-state index is 0.100. The Bertz CT molecular complexity index is 569. The summed E-state index contributed by atoms with van der Waals surface area (Å²) in [4.78, 5) is 32.7. The summed E-state index contributed by atoms with van der Waals surface area (Å²) >= 11 is 0. The maximum Gasteiger partial charge on any atom is 0.269 e. The smallest absolute Gasteiger partial charge is 0.269 e. The summed E-state index contributed by atoms with van der Waals surface area (Å²) in [6, 6.07) is 4.84. The van der Waals surface area contributed by atoms with Gasteiger partial charge in [0.2, 0.25) is 17.9 Å². The number of carbonyl (C=O) groups excluding carboxylic acids is 2. The third-order valence-corrected chi connectivity index (χ3v) is 2.83. The van der Waals surface area contributed by atoms with Crippen molar-refractivity contribution in [1.29, 1.82) is 0 Å². The molecule has 2 N–H and O–H groups in total. The lowest BCUT2D eigenvalue weighted by molar-refractivity contribution is -0.384. The predicted octanol–water partition coefficient (Wildman–Crippen LogP) is -0.810. The highest BCUT2D eigenvalue weighted by Gasteiger charge is 2.44. The van der Waals surface area contributed by atoms with Crippen LogP contribution in [0.2, 0.25) is 0 Å². The molecule has 0 radical (unpaired) electrons. The first-order valence-corrected chi connectivity index (χ1v) is 5.87. The van der Waals surface area contributed by atoms with Crippen LogP contribution in [0.1, 0.15) is 0 Å². The maximum atomic E-state index is 11.5. The lowest BCUT2D eigenvalue weighted by Crippen LogP contribution is -2.55. The van der Waals surface area contributed by atoms with Gasteiger partial charge in [0.15, 0.2) is 12.2 Å². The lowest BCUT2D eigenvalue weighted by Gasteiger charge is -2.30. The van der Waals surface area contributed by atoms with Gasteiger partial charge in [0.25, 0.3) is 5.69 Å². The minimum atomic E-state index is -1.82. The fourth-order valence-electron chi connectivity index (χ4n) is 1.72. The fraction of sp³-hybridized carbons (Fsp3) is 0.333. The number of nitro benzene ring substituents is 1. The molecule has 0 unspecified atom stereocenters. The van der Waals surface area contributed by atoms with Gasteiger partial charge >= 0.3 is 0 Å². The Morgan fingerprint density at radius 3 is 2.38 bits per heavy atom. The normalized spacial score (nSPS) is 25.7. The van der Waals surface area contributed by atoms with Crippen LogP contribution >= 0.6 is 0 Å². The van der Waals surface area contributed by atoms with E-state index in [-0.39, 0.29) is 11.4 Å². The van der Waals surface area contributed by atoms with E-state index >= 15 is 0 Å². The second kappa shape index (κ2) is 5.95. The summed E-state index contributed by atoms with van der Waals surface area (Å²) in [5.41, 5.74) is -0.160. The third-order valence-electron chi connectivity index (χ3n) is 2.83. The number of non-ortho nitro benzene ring substituents is 1. The van der Waals surface area contributed by atoms with Gasteiger partial charge in [-0.1, -0.05) is 0 Å². The molecule has 9 heteroatoms. The van der Waals surface area contributed by atoms with Gasteiger partial charge in [0, 0.05) is 12.1 Å². The number of nitro groups is 1. The first-order valence-electron chi connectivity index (χ1n) is 5.87. The van der Waals surface area contributed by atoms with E-state index in [9.17, 15) is 24.8 Å². The number of carbonyl (C=O) groups is 2. The van der Waals surface area contributed by atoms with Gasteiger partial charge in [-0.05, 0) is 12.1 Å². The topological polar surface area (TPSA) is 136 Å². The molecule has 0 saturated carbocycles. The Morgan fingerprint density at radius 1 is 1.24 bits per heavy atom. The number of hydrogen-bond donors (Lipinski definition) is 2. The highest BCUT2D eigenvalue weighted by molar-refractivity contribution is 6.41. The number of aliphatic hydroxyl groups is 2. The lowest BCUT2D eigenvalue weighted by atomic mass is 10.0. The van der Waals surface area contributed by atoms with Crippen LogP contribution in [0.15, 0.2) is 24.3 Å². The number of Topliss-reactive ketones (excluding diaryl/α,β-unsaturated/α-hetero) is 2. The van der Waals surface area contributed by atoms with Crippen LogP contribution in [0, 0.1) is 10.1 Å². The second-order valence-corrected chi connectivity index (χ2v) is 4.22. The van der Waals surface area contributed by atoms with Gasteiger partial charge in [0.1, 0.15) is 5.75 Å². The van der Waals surface area contributed by atoms with Crippen molar-refractivity contribution in [3.05, 3.63) is 34.4 Å². The summed E-state index contributed by atoms with van der Waals surface area (Å²) < 4.78 is 10.2. The van der Waals surface area contributed by atoms with Gasteiger partial charge in [-0.15, -0.1) is 0 Å².